The van der Waals surface area contributed by atoms with Crippen molar-refractivity contribution in [3.63, 3.8) is 0 Å². The fraction of sp³-hybridized carbons (Fsp3) is 0.238. The summed E-state index contributed by atoms with van der Waals surface area (Å²) in [6.45, 7) is 0.956. The number of cyclic esters (lactones) is 2. The molecule has 12 heteroatoms. The van der Waals surface area contributed by atoms with Crippen LogP contribution in [0.3, 0.4) is 0 Å². The molecule has 1 N–H and O–H groups in total. The van der Waals surface area contributed by atoms with Gasteiger partial charge in [0.2, 0.25) is 0 Å². The van der Waals surface area contributed by atoms with Crippen LogP contribution in [0.4, 0.5) is 35.7 Å². The number of anilines is 3. The highest BCUT2D eigenvalue weighted by Crippen LogP contribution is 2.32. The molecule has 1 aromatic carbocycles. The predicted octanol–water partition coefficient (Wildman–Crippen LogP) is 3.41. The fourth-order valence-electron chi connectivity index (χ4n) is 3.65. The number of carbonyl (C=O) groups is 2. The zero-order valence-electron chi connectivity index (χ0n) is 17.0. The Labute approximate surface area is 185 Å². The Kier molecular flexibility index (Phi) is 5.24. The zero-order valence-corrected chi connectivity index (χ0v) is 17.0. The summed E-state index contributed by atoms with van der Waals surface area (Å²) in [5.41, 5.74) is -0.0720. The molecule has 4 heterocycles. The van der Waals surface area contributed by atoms with E-state index in [-0.39, 0.29) is 36.5 Å². The number of ether oxygens (including phenoxy) is 2. The molecule has 0 spiro atoms. The first-order valence-corrected chi connectivity index (χ1v) is 10.0. The Bertz CT molecular complexity index is 1170. The lowest BCUT2D eigenvalue weighted by Gasteiger charge is -2.16. The molecule has 2 saturated heterocycles. The van der Waals surface area contributed by atoms with Crippen LogP contribution in [-0.4, -0.2) is 54.7 Å². The molecule has 0 aliphatic carbocycles. The van der Waals surface area contributed by atoms with E-state index < -0.39 is 29.9 Å². The Morgan fingerprint density at radius 1 is 1.09 bits per heavy atom. The number of benzene rings is 1. The first-order valence-electron chi connectivity index (χ1n) is 10.0. The minimum Gasteiger partial charge on any atom is -0.447 e. The number of amides is 2. The van der Waals surface area contributed by atoms with E-state index in [2.05, 4.69) is 15.5 Å². The van der Waals surface area contributed by atoms with E-state index >= 15 is 0 Å². The number of carbonyl (C=O) groups excluding carboxylic acids is 2. The van der Waals surface area contributed by atoms with E-state index in [0.717, 1.165) is 17.0 Å². The zero-order chi connectivity index (χ0) is 22.9. The second-order valence-electron chi connectivity index (χ2n) is 7.34. The highest BCUT2D eigenvalue weighted by Gasteiger charge is 2.33. The minimum atomic E-state index is -0.864. The van der Waals surface area contributed by atoms with Crippen LogP contribution in [0, 0.1) is 11.6 Å². The van der Waals surface area contributed by atoms with Gasteiger partial charge in [-0.05, 0) is 24.3 Å². The summed E-state index contributed by atoms with van der Waals surface area (Å²) in [7, 11) is 0. The minimum absolute atomic E-state index is 0.0343. The number of hydrogen-bond donors (Lipinski definition) is 1. The Morgan fingerprint density at radius 3 is 2.55 bits per heavy atom. The molecule has 0 saturated carbocycles. The SMILES string of the molecule is O=C1O[C@@H](CNc2ccon2)CN1c1cc(F)c(-c2ccc(N3CCOC3=O)nc2)c(F)c1. The second-order valence-corrected chi connectivity index (χ2v) is 7.34. The van der Waals surface area contributed by atoms with Crippen molar-refractivity contribution in [1.29, 1.82) is 0 Å². The highest BCUT2D eigenvalue weighted by atomic mass is 19.1. The lowest BCUT2D eigenvalue weighted by atomic mass is 10.1. The van der Waals surface area contributed by atoms with E-state index in [9.17, 15) is 18.4 Å². The summed E-state index contributed by atoms with van der Waals surface area (Å²) < 4.78 is 44.6. The number of rotatable bonds is 6. The standard InChI is InChI=1S/C21H17F2N5O5/c22-15-7-13(28-11-14(33-21(28)30)10-24-17-3-5-32-26-17)8-16(23)19(15)12-1-2-18(25-9-12)27-4-6-31-20(27)29/h1-3,5,7-9,14H,4,6,10-11H2,(H,24,26)/t14-/m0/s1. The first-order chi connectivity index (χ1) is 16.0. The average Bonchev–Trinajstić information content (AvgIpc) is 3.54. The molecule has 0 bridgehead atoms. The largest absolute Gasteiger partial charge is 0.447 e. The monoisotopic (exact) mass is 457 g/mol. The number of nitrogens with zero attached hydrogens (tertiary/aromatic N) is 4. The van der Waals surface area contributed by atoms with Crippen molar-refractivity contribution >= 4 is 29.5 Å². The van der Waals surface area contributed by atoms with Crippen LogP contribution < -0.4 is 15.1 Å². The molecule has 2 fully saturated rings. The van der Waals surface area contributed by atoms with Gasteiger partial charge in [0, 0.05) is 17.8 Å². The maximum absolute atomic E-state index is 14.9. The van der Waals surface area contributed by atoms with Crippen LogP contribution in [0.5, 0.6) is 0 Å². The van der Waals surface area contributed by atoms with Crippen molar-refractivity contribution < 1.29 is 32.4 Å². The molecule has 10 nitrogen and oxygen atoms in total. The molecule has 1 atom stereocenters. The van der Waals surface area contributed by atoms with E-state index in [4.69, 9.17) is 14.0 Å². The lowest BCUT2D eigenvalue weighted by Crippen LogP contribution is -2.27. The summed E-state index contributed by atoms with van der Waals surface area (Å²) in [4.78, 5) is 30.5. The van der Waals surface area contributed by atoms with E-state index in [1.807, 2.05) is 0 Å². The van der Waals surface area contributed by atoms with Gasteiger partial charge in [0.25, 0.3) is 0 Å². The van der Waals surface area contributed by atoms with Gasteiger partial charge in [0.1, 0.15) is 36.4 Å². The molecule has 33 heavy (non-hydrogen) atoms. The third-order valence-electron chi connectivity index (χ3n) is 5.24. The van der Waals surface area contributed by atoms with Gasteiger partial charge in [0.05, 0.1) is 30.9 Å². The van der Waals surface area contributed by atoms with Crippen molar-refractivity contribution in [1.82, 2.24) is 10.1 Å². The molecule has 0 unspecified atom stereocenters. The number of pyridine rings is 1. The fourth-order valence-corrected chi connectivity index (χ4v) is 3.65. The molecule has 2 aromatic heterocycles. The third kappa shape index (κ3) is 4.02. The lowest BCUT2D eigenvalue weighted by molar-refractivity contribution is 0.147. The normalized spacial score (nSPS) is 17.9. The van der Waals surface area contributed by atoms with Gasteiger partial charge in [0.15, 0.2) is 5.82 Å². The maximum atomic E-state index is 14.9. The quantitative estimate of drug-likeness (QED) is 0.600. The van der Waals surface area contributed by atoms with Crippen LogP contribution >= 0.6 is 0 Å². The third-order valence-corrected chi connectivity index (χ3v) is 5.24. The van der Waals surface area contributed by atoms with Gasteiger partial charge in [-0.2, -0.15) is 0 Å². The summed E-state index contributed by atoms with van der Waals surface area (Å²) in [6.07, 6.45) is 0.888. The summed E-state index contributed by atoms with van der Waals surface area (Å²) in [5, 5.41) is 6.64. The second kappa shape index (κ2) is 8.37. The van der Waals surface area contributed by atoms with E-state index in [1.165, 1.54) is 29.5 Å². The Morgan fingerprint density at radius 2 is 1.91 bits per heavy atom. The summed E-state index contributed by atoms with van der Waals surface area (Å²) >= 11 is 0. The summed E-state index contributed by atoms with van der Waals surface area (Å²) in [6, 6.07) is 6.69. The van der Waals surface area contributed by atoms with Crippen molar-refractivity contribution in [2.45, 2.75) is 6.10 Å². The molecular weight excluding hydrogens is 440 g/mol. The van der Waals surface area contributed by atoms with Crippen LogP contribution in [0.2, 0.25) is 0 Å². The highest BCUT2D eigenvalue weighted by molar-refractivity contribution is 5.90. The summed E-state index contributed by atoms with van der Waals surface area (Å²) in [5.74, 6) is -0.926. The predicted molar refractivity (Wildman–Crippen MR) is 111 cm³/mol. The van der Waals surface area contributed by atoms with Crippen molar-refractivity contribution in [2.75, 3.05) is 41.4 Å². The first kappa shape index (κ1) is 20.7. The number of aromatic nitrogens is 2. The Hall–Kier alpha value is -4.22. The van der Waals surface area contributed by atoms with E-state index in [0.29, 0.717) is 18.2 Å². The molecule has 0 radical (unpaired) electrons. The average molecular weight is 457 g/mol. The van der Waals surface area contributed by atoms with Crippen LogP contribution in [0.15, 0.2) is 47.3 Å². The van der Waals surface area contributed by atoms with Crippen LogP contribution in [-0.2, 0) is 9.47 Å². The molecule has 170 valence electrons. The van der Waals surface area contributed by atoms with Gasteiger partial charge in [-0.1, -0.05) is 5.16 Å². The molecular formula is C21H17F2N5O5. The van der Waals surface area contributed by atoms with Gasteiger partial charge in [-0.15, -0.1) is 0 Å². The molecule has 2 aliphatic heterocycles. The molecule has 5 rings (SSSR count). The maximum Gasteiger partial charge on any atom is 0.415 e. The molecule has 2 aliphatic rings. The topological polar surface area (TPSA) is 110 Å². The smallest absolute Gasteiger partial charge is 0.415 e. The van der Waals surface area contributed by atoms with Crippen LogP contribution in [0.25, 0.3) is 11.1 Å². The van der Waals surface area contributed by atoms with E-state index in [1.54, 1.807) is 6.07 Å². The number of hydrogen-bond acceptors (Lipinski definition) is 8. The van der Waals surface area contributed by atoms with Gasteiger partial charge in [-0.25, -0.2) is 23.4 Å². The number of halogens is 2. The van der Waals surface area contributed by atoms with Gasteiger partial charge in [-0.3, -0.25) is 9.80 Å². The van der Waals surface area contributed by atoms with Crippen molar-refractivity contribution in [3.8, 4) is 11.1 Å². The van der Waals surface area contributed by atoms with Gasteiger partial charge < -0.3 is 19.3 Å². The van der Waals surface area contributed by atoms with Crippen molar-refractivity contribution in [3.05, 3.63) is 54.4 Å². The molecule has 2 amide bonds. The molecule has 3 aromatic rings. The Balaban J connectivity index is 1.32. The number of nitrogens with one attached hydrogen (secondary N) is 1. The van der Waals surface area contributed by atoms with Crippen LogP contribution in [0.1, 0.15) is 0 Å². The van der Waals surface area contributed by atoms with Gasteiger partial charge >= 0.3 is 12.2 Å². The van der Waals surface area contributed by atoms with Crippen molar-refractivity contribution in [2.24, 2.45) is 0 Å².